The van der Waals surface area contributed by atoms with Crippen LogP contribution < -0.4 is 5.73 Å². The molecule has 1 aromatic carbocycles. The van der Waals surface area contributed by atoms with Gasteiger partial charge in [0.05, 0.1) is 5.69 Å². The molecule has 0 amide bonds. The number of hydrogen-bond acceptors (Lipinski definition) is 3. The lowest BCUT2D eigenvalue weighted by atomic mass is 10.1. The summed E-state index contributed by atoms with van der Waals surface area (Å²) in [5, 5.41) is 0. The van der Waals surface area contributed by atoms with Crippen LogP contribution in [0.3, 0.4) is 0 Å². The van der Waals surface area contributed by atoms with Crippen LogP contribution >= 0.6 is 0 Å². The Morgan fingerprint density at radius 2 is 1.85 bits per heavy atom. The summed E-state index contributed by atoms with van der Waals surface area (Å²) < 4.78 is 0. The number of nitrogen functional groups attached to an aromatic ring is 1. The van der Waals surface area contributed by atoms with Gasteiger partial charge in [-0.05, 0) is 43.7 Å². The Bertz CT molecular complexity index is 551. The van der Waals surface area contributed by atoms with E-state index in [1.165, 1.54) is 5.56 Å². The molecule has 0 atom stereocenters. The van der Waals surface area contributed by atoms with Gasteiger partial charge in [0, 0.05) is 24.5 Å². The number of rotatable bonds is 6. The molecule has 3 heteroatoms. The molecule has 0 aliphatic heterocycles. The van der Waals surface area contributed by atoms with Gasteiger partial charge >= 0.3 is 0 Å². The highest BCUT2D eigenvalue weighted by Crippen LogP contribution is 2.15. The number of nitrogens with zero attached hydrogens (tertiary/aromatic N) is 2. The van der Waals surface area contributed by atoms with E-state index < -0.39 is 0 Å². The predicted octanol–water partition coefficient (Wildman–Crippen LogP) is 3.38. The standard InChI is InChI=1S/C17H23N3/c1-3-11-20(12-15-8-4-5-10-17(15)18)13-16-9-6-7-14(2)19-16/h4-10H,3,11-13,18H2,1-2H3. The van der Waals surface area contributed by atoms with Gasteiger partial charge in [-0.1, -0.05) is 31.2 Å². The van der Waals surface area contributed by atoms with Crippen molar-refractivity contribution in [2.75, 3.05) is 12.3 Å². The van der Waals surface area contributed by atoms with Crippen molar-refractivity contribution >= 4 is 5.69 Å². The minimum Gasteiger partial charge on any atom is -0.398 e. The highest BCUT2D eigenvalue weighted by molar-refractivity contribution is 5.46. The maximum Gasteiger partial charge on any atom is 0.0547 e. The summed E-state index contributed by atoms with van der Waals surface area (Å²) in [6.45, 7) is 7.01. The van der Waals surface area contributed by atoms with Crippen LogP contribution in [0.5, 0.6) is 0 Å². The van der Waals surface area contributed by atoms with Gasteiger partial charge in [-0.25, -0.2) is 0 Å². The normalized spacial score (nSPS) is 10.9. The number of anilines is 1. The minimum absolute atomic E-state index is 0.865. The first-order valence-electron chi connectivity index (χ1n) is 7.17. The molecular formula is C17H23N3. The molecule has 0 unspecified atom stereocenters. The largest absolute Gasteiger partial charge is 0.398 e. The Hall–Kier alpha value is -1.87. The molecule has 3 nitrogen and oxygen atoms in total. The van der Waals surface area contributed by atoms with Crippen LogP contribution in [0.2, 0.25) is 0 Å². The number of benzene rings is 1. The first kappa shape index (κ1) is 14.5. The summed E-state index contributed by atoms with van der Waals surface area (Å²) in [7, 11) is 0. The third-order valence-corrected chi connectivity index (χ3v) is 3.32. The molecule has 2 rings (SSSR count). The number of aryl methyl sites for hydroxylation is 1. The van der Waals surface area contributed by atoms with Crippen LogP contribution in [0.25, 0.3) is 0 Å². The fourth-order valence-electron chi connectivity index (χ4n) is 2.37. The van der Waals surface area contributed by atoms with Crippen molar-refractivity contribution in [3.8, 4) is 0 Å². The Labute approximate surface area is 121 Å². The smallest absolute Gasteiger partial charge is 0.0547 e. The SMILES string of the molecule is CCCN(Cc1cccc(C)n1)Cc1ccccc1N. The van der Waals surface area contributed by atoms with E-state index in [9.17, 15) is 0 Å². The number of aromatic nitrogens is 1. The number of hydrogen-bond donors (Lipinski definition) is 1. The average Bonchev–Trinajstić information content (AvgIpc) is 2.42. The predicted molar refractivity (Wildman–Crippen MR) is 84.2 cm³/mol. The Balaban J connectivity index is 2.09. The van der Waals surface area contributed by atoms with Crippen LogP contribution in [0.1, 0.15) is 30.3 Å². The van der Waals surface area contributed by atoms with Crippen LogP contribution in [0.4, 0.5) is 5.69 Å². The average molecular weight is 269 g/mol. The number of pyridine rings is 1. The quantitative estimate of drug-likeness (QED) is 0.817. The molecule has 0 saturated heterocycles. The first-order valence-corrected chi connectivity index (χ1v) is 7.17. The van der Waals surface area contributed by atoms with E-state index in [4.69, 9.17) is 5.73 Å². The minimum atomic E-state index is 0.865. The second-order valence-corrected chi connectivity index (χ2v) is 5.18. The second-order valence-electron chi connectivity index (χ2n) is 5.18. The van der Waals surface area contributed by atoms with Gasteiger partial charge in [0.2, 0.25) is 0 Å². The Kier molecular flexibility index (Phi) is 5.13. The molecule has 0 saturated carbocycles. The molecule has 0 radical (unpaired) electrons. The molecular weight excluding hydrogens is 246 g/mol. The molecule has 0 aliphatic rings. The molecule has 0 spiro atoms. The number of para-hydroxylation sites is 1. The van der Waals surface area contributed by atoms with Gasteiger partial charge in [-0.3, -0.25) is 9.88 Å². The van der Waals surface area contributed by atoms with Crippen LogP contribution in [0, 0.1) is 6.92 Å². The molecule has 0 aliphatic carbocycles. The van der Waals surface area contributed by atoms with Crippen molar-refractivity contribution < 1.29 is 0 Å². The van der Waals surface area contributed by atoms with E-state index in [0.29, 0.717) is 0 Å². The second kappa shape index (κ2) is 7.06. The van der Waals surface area contributed by atoms with Crippen molar-refractivity contribution in [1.82, 2.24) is 9.88 Å². The highest BCUT2D eigenvalue weighted by Gasteiger charge is 2.09. The zero-order valence-corrected chi connectivity index (χ0v) is 12.3. The monoisotopic (exact) mass is 269 g/mol. The zero-order chi connectivity index (χ0) is 14.4. The Morgan fingerprint density at radius 3 is 2.55 bits per heavy atom. The van der Waals surface area contributed by atoms with Crippen molar-refractivity contribution in [1.29, 1.82) is 0 Å². The number of nitrogens with two attached hydrogens (primary N) is 1. The van der Waals surface area contributed by atoms with Gasteiger partial charge in [0.15, 0.2) is 0 Å². The fourth-order valence-corrected chi connectivity index (χ4v) is 2.37. The summed E-state index contributed by atoms with van der Waals surface area (Å²) in [6.07, 6.45) is 1.12. The molecule has 106 valence electrons. The van der Waals surface area contributed by atoms with Crippen LogP contribution in [-0.2, 0) is 13.1 Å². The van der Waals surface area contributed by atoms with Gasteiger partial charge in [0.1, 0.15) is 0 Å². The molecule has 0 bridgehead atoms. The topological polar surface area (TPSA) is 42.2 Å². The zero-order valence-electron chi connectivity index (χ0n) is 12.3. The van der Waals surface area contributed by atoms with E-state index in [-0.39, 0.29) is 0 Å². The van der Waals surface area contributed by atoms with Gasteiger partial charge in [-0.2, -0.15) is 0 Å². The molecule has 1 aromatic heterocycles. The summed E-state index contributed by atoms with van der Waals surface area (Å²) in [4.78, 5) is 6.98. The fraction of sp³-hybridized carbons (Fsp3) is 0.353. The summed E-state index contributed by atoms with van der Waals surface area (Å²) >= 11 is 0. The van der Waals surface area contributed by atoms with Crippen molar-refractivity contribution in [2.45, 2.75) is 33.4 Å². The van der Waals surface area contributed by atoms with Gasteiger partial charge in [0.25, 0.3) is 0 Å². The molecule has 2 aromatic rings. The van der Waals surface area contributed by atoms with Crippen LogP contribution in [-0.4, -0.2) is 16.4 Å². The van der Waals surface area contributed by atoms with Crippen molar-refractivity contribution in [2.24, 2.45) is 0 Å². The summed E-state index contributed by atoms with van der Waals surface area (Å²) in [6, 6.07) is 14.3. The maximum atomic E-state index is 6.04. The summed E-state index contributed by atoms with van der Waals surface area (Å²) in [5.74, 6) is 0. The van der Waals surface area contributed by atoms with Crippen molar-refractivity contribution in [3.05, 3.63) is 59.4 Å². The van der Waals surface area contributed by atoms with Crippen molar-refractivity contribution in [3.63, 3.8) is 0 Å². The third-order valence-electron chi connectivity index (χ3n) is 3.32. The Morgan fingerprint density at radius 1 is 1.05 bits per heavy atom. The molecule has 20 heavy (non-hydrogen) atoms. The highest BCUT2D eigenvalue weighted by atomic mass is 15.1. The van der Waals surface area contributed by atoms with E-state index in [0.717, 1.165) is 43.1 Å². The lowest BCUT2D eigenvalue weighted by Gasteiger charge is -2.22. The third kappa shape index (κ3) is 4.07. The molecule has 2 N–H and O–H groups in total. The first-order chi connectivity index (χ1) is 9.69. The van der Waals surface area contributed by atoms with Gasteiger partial charge < -0.3 is 5.73 Å². The van der Waals surface area contributed by atoms with E-state index >= 15 is 0 Å². The molecule has 0 fully saturated rings. The molecule has 1 heterocycles. The summed E-state index contributed by atoms with van der Waals surface area (Å²) in [5.41, 5.74) is 10.3. The van der Waals surface area contributed by atoms with Crippen LogP contribution in [0.15, 0.2) is 42.5 Å². The van der Waals surface area contributed by atoms with E-state index in [1.54, 1.807) is 0 Å². The van der Waals surface area contributed by atoms with E-state index in [2.05, 4.69) is 35.0 Å². The lowest BCUT2D eigenvalue weighted by Crippen LogP contribution is -2.24. The van der Waals surface area contributed by atoms with Gasteiger partial charge in [-0.15, -0.1) is 0 Å². The lowest BCUT2D eigenvalue weighted by molar-refractivity contribution is 0.254. The van der Waals surface area contributed by atoms with E-state index in [1.807, 2.05) is 31.2 Å². The maximum absolute atomic E-state index is 6.04.